The van der Waals surface area contributed by atoms with Crippen LogP contribution in [0.1, 0.15) is 49.1 Å². The van der Waals surface area contributed by atoms with Crippen molar-refractivity contribution in [1.82, 2.24) is 4.98 Å². The van der Waals surface area contributed by atoms with Gasteiger partial charge in [-0.1, -0.05) is 49.2 Å². The molecule has 2 aliphatic rings. The molecular weight excluding hydrogens is 326 g/mol. The molecule has 130 valence electrons. The van der Waals surface area contributed by atoms with Gasteiger partial charge in [0, 0.05) is 23.8 Å². The van der Waals surface area contributed by atoms with Gasteiger partial charge < -0.3 is 4.90 Å². The molecular formula is C21H25N3S. The monoisotopic (exact) mass is 351 g/mol. The molecule has 0 N–H and O–H groups in total. The number of rotatable bonds is 4. The topological polar surface area (TPSA) is 28.5 Å². The third-order valence-corrected chi connectivity index (χ3v) is 6.14. The Hall–Kier alpha value is -1.81. The Balaban J connectivity index is 1.56. The van der Waals surface area contributed by atoms with Crippen LogP contribution in [0.5, 0.6) is 0 Å². The summed E-state index contributed by atoms with van der Waals surface area (Å²) >= 11 is 1.85. The molecule has 4 rings (SSSR count). The molecule has 1 fully saturated rings. The lowest BCUT2D eigenvalue weighted by Crippen LogP contribution is -2.27. The van der Waals surface area contributed by atoms with Crippen molar-refractivity contribution in [2.75, 3.05) is 17.2 Å². The molecule has 0 amide bonds. The number of nitrogens with zero attached hydrogens (tertiary/aromatic N) is 3. The van der Waals surface area contributed by atoms with E-state index in [2.05, 4.69) is 40.2 Å². The number of pyridine rings is 1. The average molecular weight is 352 g/mol. The quantitative estimate of drug-likeness (QED) is 0.754. The second-order valence-electron chi connectivity index (χ2n) is 6.89. The molecule has 4 heteroatoms. The SMILES string of the molecule is c1cncc(CN(C2=NCCS2)c2ccc(C3CCCCC3)cc2)c1. The van der Waals surface area contributed by atoms with E-state index >= 15 is 0 Å². The van der Waals surface area contributed by atoms with Crippen LogP contribution >= 0.6 is 11.8 Å². The highest BCUT2D eigenvalue weighted by Crippen LogP contribution is 2.34. The second kappa shape index (κ2) is 8.05. The molecule has 1 aromatic heterocycles. The molecule has 0 spiro atoms. The van der Waals surface area contributed by atoms with Crippen LogP contribution in [-0.2, 0) is 6.54 Å². The van der Waals surface area contributed by atoms with Crippen LogP contribution in [0.4, 0.5) is 5.69 Å². The molecule has 3 nitrogen and oxygen atoms in total. The molecule has 1 aliphatic carbocycles. The van der Waals surface area contributed by atoms with Crippen molar-refractivity contribution < 1.29 is 0 Å². The molecule has 2 heterocycles. The summed E-state index contributed by atoms with van der Waals surface area (Å²) in [6.07, 6.45) is 10.6. The summed E-state index contributed by atoms with van der Waals surface area (Å²) in [5, 5.41) is 1.13. The number of aliphatic imine (C=N–C) groups is 1. The summed E-state index contributed by atoms with van der Waals surface area (Å²) in [4.78, 5) is 11.3. The summed E-state index contributed by atoms with van der Waals surface area (Å²) < 4.78 is 0. The summed E-state index contributed by atoms with van der Waals surface area (Å²) in [7, 11) is 0. The Labute approximate surface area is 154 Å². The highest BCUT2D eigenvalue weighted by atomic mass is 32.2. The van der Waals surface area contributed by atoms with Gasteiger partial charge >= 0.3 is 0 Å². The highest BCUT2D eigenvalue weighted by Gasteiger charge is 2.20. The van der Waals surface area contributed by atoms with Crippen molar-refractivity contribution in [2.45, 2.75) is 44.6 Å². The van der Waals surface area contributed by atoms with Crippen molar-refractivity contribution >= 4 is 22.6 Å². The zero-order valence-electron chi connectivity index (χ0n) is 14.6. The molecule has 0 unspecified atom stereocenters. The minimum Gasteiger partial charge on any atom is -0.317 e. The van der Waals surface area contributed by atoms with Crippen molar-refractivity contribution in [3.05, 3.63) is 59.9 Å². The van der Waals surface area contributed by atoms with Gasteiger partial charge in [0.1, 0.15) is 0 Å². The van der Waals surface area contributed by atoms with Crippen LogP contribution in [0, 0.1) is 0 Å². The maximum Gasteiger partial charge on any atom is 0.164 e. The summed E-state index contributed by atoms with van der Waals surface area (Å²) in [5.41, 5.74) is 3.96. The summed E-state index contributed by atoms with van der Waals surface area (Å²) in [6, 6.07) is 13.4. The van der Waals surface area contributed by atoms with Crippen molar-refractivity contribution in [2.24, 2.45) is 4.99 Å². The van der Waals surface area contributed by atoms with Gasteiger partial charge in [-0.2, -0.15) is 0 Å². The van der Waals surface area contributed by atoms with Crippen molar-refractivity contribution in [1.29, 1.82) is 0 Å². The van der Waals surface area contributed by atoms with E-state index in [1.165, 1.54) is 48.9 Å². The van der Waals surface area contributed by atoms with E-state index in [1.807, 2.05) is 30.2 Å². The van der Waals surface area contributed by atoms with Gasteiger partial charge in [-0.05, 0) is 48.1 Å². The molecule has 2 aromatic rings. The summed E-state index contributed by atoms with van der Waals surface area (Å²) in [5.74, 6) is 1.84. The van der Waals surface area contributed by atoms with Crippen LogP contribution < -0.4 is 4.90 Å². The number of amidine groups is 1. The smallest absolute Gasteiger partial charge is 0.164 e. The van der Waals surface area contributed by atoms with Gasteiger partial charge in [-0.25, -0.2) is 0 Å². The maximum atomic E-state index is 4.71. The van der Waals surface area contributed by atoms with Crippen LogP contribution in [0.3, 0.4) is 0 Å². The Kier molecular flexibility index (Phi) is 5.36. The Morgan fingerprint density at radius 3 is 2.56 bits per heavy atom. The Morgan fingerprint density at radius 2 is 1.88 bits per heavy atom. The minimum atomic E-state index is 0.757. The molecule has 1 aliphatic heterocycles. The van der Waals surface area contributed by atoms with E-state index in [0.717, 1.165) is 29.9 Å². The maximum absolute atomic E-state index is 4.71. The van der Waals surface area contributed by atoms with E-state index in [0.29, 0.717) is 0 Å². The molecule has 0 radical (unpaired) electrons. The fraction of sp³-hybridized carbons (Fsp3) is 0.429. The first-order chi connectivity index (χ1) is 12.4. The first kappa shape index (κ1) is 16.6. The zero-order chi connectivity index (χ0) is 16.9. The van der Waals surface area contributed by atoms with Crippen molar-refractivity contribution in [3.8, 4) is 0 Å². The number of benzene rings is 1. The van der Waals surface area contributed by atoms with Gasteiger partial charge in [-0.3, -0.25) is 9.98 Å². The first-order valence-electron chi connectivity index (χ1n) is 9.34. The Morgan fingerprint density at radius 1 is 1.04 bits per heavy atom. The predicted molar refractivity (Wildman–Crippen MR) is 107 cm³/mol. The Bertz CT molecular complexity index is 706. The van der Waals surface area contributed by atoms with Gasteiger partial charge in [0.05, 0.1) is 13.1 Å². The normalized spacial score (nSPS) is 18.2. The van der Waals surface area contributed by atoms with Gasteiger partial charge in [-0.15, -0.1) is 0 Å². The minimum absolute atomic E-state index is 0.757. The van der Waals surface area contributed by atoms with Crippen LogP contribution in [0.25, 0.3) is 0 Å². The lowest BCUT2D eigenvalue weighted by molar-refractivity contribution is 0.443. The third-order valence-electron chi connectivity index (χ3n) is 5.15. The second-order valence-corrected chi connectivity index (χ2v) is 7.95. The largest absolute Gasteiger partial charge is 0.317 e. The zero-order valence-corrected chi connectivity index (χ0v) is 15.4. The van der Waals surface area contributed by atoms with Gasteiger partial charge in [0.2, 0.25) is 0 Å². The number of hydrogen-bond donors (Lipinski definition) is 0. The molecule has 0 saturated heterocycles. The van der Waals surface area contributed by atoms with E-state index in [-0.39, 0.29) is 0 Å². The van der Waals surface area contributed by atoms with E-state index in [4.69, 9.17) is 4.99 Å². The predicted octanol–water partition coefficient (Wildman–Crippen LogP) is 5.24. The van der Waals surface area contributed by atoms with Gasteiger partial charge in [0.25, 0.3) is 0 Å². The summed E-state index contributed by atoms with van der Waals surface area (Å²) in [6.45, 7) is 1.74. The molecule has 1 saturated carbocycles. The number of hydrogen-bond acceptors (Lipinski definition) is 4. The average Bonchev–Trinajstić information content (AvgIpc) is 3.22. The number of thioether (sulfide) groups is 1. The fourth-order valence-electron chi connectivity index (χ4n) is 3.79. The fourth-order valence-corrected chi connectivity index (χ4v) is 4.67. The van der Waals surface area contributed by atoms with E-state index in [1.54, 1.807) is 0 Å². The number of anilines is 1. The molecule has 0 atom stereocenters. The van der Waals surface area contributed by atoms with E-state index in [9.17, 15) is 0 Å². The molecule has 0 bridgehead atoms. The van der Waals surface area contributed by atoms with Gasteiger partial charge in [0.15, 0.2) is 5.17 Å². The lowest BCUT2D eigenvalue weighted by atomic mass is 9.84. The van der Waals surface area contributed by atoms with Crippen LogP contribution in [0.15, 0.2) is 53.8 Å². The number of aromatic nitrogens is 1. The first-order valence-corrected chi connectivity index (χ1v) is 10.3. The van der Waals surface area contributed by atoms with Crippen molar-refractivity contribution in [3.63, 3.8) is 0 Å². The third kappa shape index (κ3) is 4.06. The highest BCUT2D eigenvalue weighted by molar-refractivity contribution is 8.14. The lowest BCUT2D eigenvalue weighted by Gasteiger charge is -2.26. The standard InChI is InChI=1S/C21H25N3S/c1-2-6-18(7-3-1)19-8-10-20(11-9-19)24(21-23-13-14-25-21)16-17-5-4-12-22-15-17/h4-5,8-12,15,18H,1-3,6-7,13-14,16H2. The van der Waals surface area contributed by atoms with Crippen LogP contribution in [0.2, 0.25) is 0 Å². The van der Waals surface area contributed by atoms with E-state index < -0.39 is 0 Å². The van der Waals surface area contributed by atoms with Crippen LogP contribution in [-0.4, -0.2) is 22.4 Å². The molecule has 25 heavy (non-hydrogen) atoms. The molecule has 1 aromatic carbocycles.